The van der Waals surface area contributed by atoms with Crippen molar-refractivity contribution in [2.75, 3.05) is 18.1 Å². The van der Waals surface area contributed by atoms with E-state index in [-0.39, 0.29) is 17.5 Å². The second-order valence-corrected chi connectivity index (χ2v) is 8.82. The van der Waals surface area contributed by atoms with E-state index in [2.05, 4.69) is 35.7 Å². The molecule has 0 aliphatic carbocycles. The van der Waals surface area contributed by atoms with Gasteiger partial charge in [-0.05, 0) is 43.3 Å². The van der Waals surface area contributed by atoms with Crippen molar-refractivity contribution in [2.45, 2.75) is 58.9 Å². The molecule has 0 fully saturated rings. The number of sulfone groups is 1. The molecule has 1 unspecified atom stereocenters. The minimum Gasteiger partial charge on any atom is -0.309 e. The van der Waals surface area contributed by atoms with Gasteiger partial charge in [0, 0.05) is 11.8 Å². The van der Waals surface area contributed by atoms with Crippen LogP contribution in [0.3, 0.4) is 0 Å². The molecule has 0 amide bonds. The zero-order valence-electron chi connectivity index (χ0n) is 13.4. The first-order valence-corrected chi connectivity index (χ1v) is 10.3. The van der Waals surface area contributed by atoms with Crippen molar-refractivity contribution < 1.29 is 8.42 Å². The van der Waals surface area contributed by atoms with Crippen LogP contribution in [0.5, 0.6) is 0 Å². The largest absolute Gasteiger partial charge is 0.309 e. The topological polar surface area (TPSA) is 72.0 Å². The fourth-order valence-corrected chi connectivity index (χ4v) is 3.95. The van der Waals surface area contributed by atoms with Crippen molar-refractivity contribution in [3.63, 3.8) is 0 Å². The van der Waals surface area contributed by atoms with Crippen molar-refractivity contribution in [1.29, 1.82) is 0 Å². The molecule has 0 aliphatic heterocycles. The molecule has 1 N–H and O–H groups in total. The molecule has 0 saturated heterocycles. The molecule has 1 aromatic heterocycles. The maximum Gasteiger partial charge on any atom is 0.150 e. The van der Waals surface area contributed by atoms with E-state index >= 15 is 0 Å². The first kappa shape index (κ1) is 18.5. The van der Waals surface area contributed by atoms with Crippen LogP contribution < -0.4 is 5.32 Å². The Morgan fingerprint density at radius 1 is 1.29 bits per heavy atom. The molecule has 0 aliphatic rings. The van der Waals surface area contributed by atoms with E-state index < -0.39 is 9.84 Å². The SMILES string of the molecule is CCCNC(CCCS(=O)(=O)CC)c1snnc1C(C)C. The number of hydrogen-bond donors (Lipinski definition) is 1. The van der Waals surface area contributed by atoms with E-state index in [1.54, 1.807) is 6.92 Å². The highest BCUT2D eigenvalue weighted by Crippen LogP contribution is 2.29. The summed E-state index contributed by atoms with van der Waals surface area (Å²) in [5, 5.41) is 7.73. The Labute approximate surface area is 132 Å². The van der Waals surface area contributed by atoms with Crippen LogP contribution in [-0.2, 0) is 9.84 Å². The highest BCUT2D eigenvalue weighted by Gasteiger charge is 2.21. The Bertz CT molecular complexity index is 512. The van der Waals surface area contributed by atoms with Gasteiger partial charge in [0.15, 0.2) is 0 Å². The van der Waals surface area contributed by atoms with Crippen molar-refractivity contribution in [1.82, 2.24) is 14.9 Å². The predicted molar refractivity (Wildman–Crippen MR) is 88.6 cm³/mol. The van der Waals surface area contributed by atoms with E-state index in [9.17, 15) is 8.42 Å². The lowest BCUT2D eigenvalue weighted by atomic mass is 10.0. The summed E-state index contributed by atoms with van der Waals surface area (Å²) in [7, 11) is -2.89. The molecule has 0 spiro atoms. The Balaban J connectivity index is 2.74. The van der Waals surface area contributed by atoms with E-state index in [0.29, 0.717) is 12.3 Å². The van der Waals surface area contributed by atoms with Crippen molar-refractivity contribution in [3.8, 4) is 0 Å². The third-order valence-electron chi connectivity index (χ3n) is 3.43. The fraction of sp³-hybridized carbons (Fsp3) is 0.857. The molecule has 1 aromatic rings. The molecule has 5 nitrogen and oxygen atoms in total. The van der Waals surface area contributed by atoms with Crippen molar-refractivity contribution in [2.24, 2.45) is 0 Å². The minimum atomic E-state index is -2.89. The Morgan fingerprint density at radius 3 is 2.57 bits per heavy atom. The summed E-state index contributed by atoms with van der Waals surface area (Å²) in [5.41, 5.74) is 1.03. The standard InChI is InChI=1S/C14H27N3O2S2/c1-5-9-15-12(8-7-10-21(18,19)6-2)14-13(11(3)4)16-17-20-14/h11-12,15H,5-10H2,1-4H3. The molecule has 0 bridgehead atoms. The lowest BCUT2D eigenvalue weighted by Crippen LogP contribution is -2.23. The van der Waals surface area contributed by atoms with Crippen molar-refractivity contribution >= 4 is 21.4 Å². The molecular formula is C14H27N3O2S2. The number of aromatic nitrogens is 2. The number of nitrogens with zero attached hydrogens (tertiary/aromatic N) is 2. The smallest absolute Gasteiger partial charge is 0.150 e. The number of rotatable bonds is 10. The highest BCUT2D eigenvalue weighted by atomic mass is 32.2. The maximum atomic E-state index is 11.6. The van der Waals surface area contributed by atoms with Gasteiger partial charge in [0.25, 0.3) is 0 Å². The summed E-state index contributed by atoms with van der Waals surface area (Å²) in [6, 6.07) is 0.161. The Kier molecular flexibility index (Phi) is 7.76. The fourth-order valence-electron chi connectivity index (χ4n) is 2.14. The third-order valence-corrected chi connectivity index (χ3v) is 6.08. The molecule has 7 heteroatoms. The lowest BCUT2D eigenvalue weighted by Gasteiger charge is -2.18. The summed E-state index contributed by atoms with van der Waals surface area (Å²) in [6.45, 7) is 8.96. The zero-order chi connectivity index (χ0) is 15.9. The molecule has 21 heavy (non-hydrogen) atoms. The summed E-state index contributed by atoms with van der Waals surface area (Å²) in [4.78, 5) is 1.16. The van der Waals surface area contributed by atoms with Crippen LogP contribution in [0.15, 0.2) is 0 Å². The molecule has 0 aromatic carbocycles. The first-order valence-electron chi connectivity index (χ1n) is 7.67. The van der Waals surface area contributed by atoms with Gasteiger partial charge in [-0.25, -0.2) is 8.42 Å². The monoisotopic (exact) mass is 333 g/mol. The predicted octanol–water partition coefficient (Wildman–Crippen LogP) is 2.92. The molecule has 0 radical (unpaired) electrons. The van der Waals surface area contributed by atoms with Gasteiger partial charge in [0.2, 0.25) is 0 Å². The molecular weight excluding hydrogens is 306 g/mol. The summed E-state index contributed by atoms with van der Waals surface area (Å²) in [6.07, 6.45) is 2.53. The quantitative estimate of drug-likeness (QED) is 0.713. The lowest BCUT2D eigenvalue weighted by molar-refractivity contribution is 0.493. The van der Waals surface area contributed by atoms with E-state index in [1.165, 1.54) is 11.5 Å². The molecule has 122 valence electrons. The van der Waals surface area contributed by atoms with Crippen LogP contribution >= 0.6 is 11.5 Å². The zero-order valence-corrected chi connectivity index (χ0v) is 15.1. The number of hydrogen-bond acceptors (Lipinski definition) is 6. The van der Waals surface area contributed by atoms with Gasteiger partial charge in [-0.1, -0.05) is 32.2 Å². The average molecular weight is 334 g/mol. The van der Waals surface area contributed by atoms with Gasteiger partial charge in [-0.15, -0.1) is 5.10 Å². The van der Waals surface area contributed by atoms with Crippen LogP contribution in [0.25, 0.3) is 0 Å². The van der Waals surface area contributed by atoms with Crippen LogP contribution in [0.1, 0.15) is 69.5 Å². The summed E-state index contributed by atoms with van der Waals surface area (Å²) in [5.74, 6) is 0.820. The van der Waals surface area contributed by atoms with Gasteiger partial charge in [0.05, 0.1) is 16.3 Å². The average Bonchev–Trinajstić information content (AvgIpc) is 2.92. The first-order chi connectivity index (χ1) is 9.91. The minimum absolute atomic E-state index is 0.161. The van der Waals surface area contributed by atoms with Gasteiger partial charge in [-0.3, -0.25) is 0 Å². The second kappa shape index (κ2) is 8.80. The summed E-state index contributed by atoms with van der Waals surface area (Å²) >= 11 is 1.43. The van der Waals surface area contributed by atoms with E-state index in [0.717, 1.165) is 30.0 Å². The van der Waals surface area contributed by atoms with Crippen molar-refractivity contribution in [3.05, 3.63) is 10.6 Å². The van der Waals surface area contributed by atoms with Crippen LogP contribution in [0.4, 0.5) is 0 Å². The molecule has 0 saturated carbocycles. The Morgan fingerprint density at radius 2 is 2.00 bits per heavy atom. The van der Waals surface area contributed by atoms with Gasteiger partial charge >= 0.3 is 0 Å². The van der Waals surface area contributed by atoms with Gasteiger partial charge in [0.1, 0.15) is 9.84 Å². The van der Waals surface area contributed by atoms with Gasteiger partial charge in [-0.2, -0.15) is 0 Å². The third kappa shape index (κ3) is 6.00. The van der Waals surface area contributed by atoms with E-state index in [4.69, 9.17) is 0 Å². The Hall–Kier alpha value is -0.530. The second-order valence-electron chi connectivity index (χ2n) is 5.56. The van der Waals surface area contributed by atoms with Crippen LogP contribution in [0, 0.1) is 0 Å². The summed E-state index contributed by atoms with van der Waals surface area (Å²) < 4.78 is 27.3. The maximum absolute atomic E-state index is 11.6. The van der Waals surface area contributed by atoms with Crippen LogP contribution in [-0.4, -0.2) is 36.1 Å². The number of nitrogens with one attached hydrogen (secondary N) is 1. The van der Waals surface area contributed by atoms with Crippen LogP contribution in [0.2, 0.25) is 0 Å². The highest BCUT2D eigenvalue weighted by molar-refractivity contribution is 7.91. The van der Waals surface area contributed by atoms with E-state index in [1.807, 2.05) is 0 Å². The molecule has 1 atom stereocenters. The molecule has 1 rings (SSSR count). The van der Waals surface area contributed by atoms with Gasteiger partial charge < -0.3 is 5.32 Å². The molecule has 1 heterocycles. The normalized spacial score (nSPS) is 13.8.